The maximum absolute atomic E-state index is 12.9. The normalized spacial score (nSPS) is 15.6. The molecule has 2 aromatic carbocycles. The van der Waals surface area contributed by atoms with Crippen molar-refractivity contribution in [3.8, 4) is 5.75 Å². The lowest BCUT2D eigenvalue weighted by Gasteiger charge is -2.37. The van der Waals surface area contributed by atoms with Gasteiger partial charge in [0.1, 0.15) is 5.75 Å². The summed E-state index contributed by atoms with van der Waals surface area (Å²) < 4.78 is 32.9. The minimum Gasteiger partial charge on any atom is -0.495 e. The Balaban J connectivity index is 1.63. The predicted octanol–water partition coefficient (Wildman–Crippen LogP) is 3.33. The van der Waals surface area contributed by atoms with Crippen LogP contribution in [-0.2, 0) is 14.8 Å². The third kappa shape index (κ3) is 5.44. The van der Waals surface area contributed by atoms with E-state index >= 15 is 0 Å². The highest BCUT2D eigenvalue weighted by atomic mass is 35.5. The number of halogens is 2. The molecule has 10 heteroatoms. The molecular weight excluding hydrogens is 461 g/mol. The lowest BCUT2D eigenvalue weighted by Crippen LogP contribution is -2.54. The average Bonchev–Trinajstić information content (AvgIpc) is 2.74. The second-order valence-electron chi connectivity index (χ2n) is 7.38. The van der Waals surface area contributed by atoms with Crippen LogP contribution in [-0.4, -0.2) is 58.6 Å². The molecule has 1 aliphatic heterocycles. The number of hydrogen-bond acceptors (Lipinski definition) is 5. The van der Waals surface area contributed by atoms with Crippen LogP contribution in [0, 0.1) is 6.92 Å². The smallest absolute Gasteiger partial charge is 0.241 e. The molecule has 1 amide bonds. The van der Waals surface area contributed by atoms with Crippen LogP contribution in [0.2, 0.25) is 10.0 Å². The summed E-state index contributed by atoms with van der Waals surface area (Å²) in [5.74, 6) is 0.100. The van der Waals surface area contributed by atoms with Gasteiger partial charge < -0.3 is 14.5 Å². The van der Waals surface area contributed by atoms with E-state index < -0.39 is 16.1 Å². The number of rotatable bonds is 6. The molecule has 168 valence electrons. The summed E-state index contributed by atoms with van der Waals surface area (Å²) in [6, 6.07) is 8.99. The number of anilines is 1. The average molecular weight is 486 g/mol. The van der Waals surface area contributed by atoms with Crippen LogP contribution in [0.3, 0.4) is 0 Å². The molecule has 7 nitrogen and oxygen atoms in total. The monoisotopic (exact) mass is 485 g/mol. The number of carbonyl (C=O) groups is 1. The van der Waals surface area contributed by atoms with Crippen molar-refractivity contribution in [1.82, 2.24) is 9.62 Å². The maximum atomic E-state index is 12.9. The van der Waals surface area contributed by atoms with Gasteiger partial charge in [-0.15, -0.1) is 0 Å². The predicted molar refractivity (Wildman–Crippen MR) is 123 cm³/mol. The SMILES string of the molecule is COc1ccc(S(=O)(=O)N[C@H](C)C(=O)N2CCN(c3cc(Cl)ccc3C)CC2)cc1Cl. The molecule has 1 atom stereocenters. The molecule has 0 unspecified atom stereocenters. The van der Waals surface area contributed by atoms with Crippen LogP contribution < -0.4 is 14.4 Å². The number of benzene rings is 2. The Morgan fingerprint density at radius 1 is 1.10 bits per heavy atom. The number of methoxy groups -OCH3 is 1. The van der Waals surface area contributed by atoms with Crippen molar-refractivity contribution in [2.45, 2.75) is 24.8 Å². The Labute approximate surface area is 192 Å². The maximum Gasteiger partial charge on any atom is 0.241 e. The fourth-order valence-electron chi connectivity index (χ4n) is 3.53. The first-order chi connectivity index (χ1) is 14.6. The fraction of sp³-hybridized carbons (Fsp3) is 0.381. The van der Waals surface area contributed by atoms with Gasteiger partial charge in [0.05, 0.1) is 23.1 Å². The quantitative estimate of drug-likeness (QED) is 0.678. The van der Waals surface area contributed by atoms with Gasteiger partial charge in [-0.3, -0.25) is 4.79 Å². The van der Waals surface area contributed by atoms with Crippen LogP contribution in [0.4, 0.5) is 5.69 Å². The van der Waals surface area contributed by atoms with E-state index in [4.69, 9.17) is 27.9 Å². The number of amides is 1. The van der Waals surface area contributed by atoms with Crippen LogP contribution in [0.5, 0.6) is 5.75 Å². The highest BCUT2D eigenvalue weighted by Crippen LogP contribution is 2.27. The topological polar surface area (TPSA) is 78.9 Å². The third-order valence-electron chi connectivity index (χ3n) is 5.24. The van der Waals surface area contributed by atoms with Crippen molar-refractivity contribution >= 4 is 44.8 Å². The van der Waals surface area contributed by atoms with Crippen LogP contribution in [0.25, 0.3) is 0 Å². The Morgan fingerprint density at radius 2 is 1.77 bits per heavy atom. The molecule has 1 fully saturated rings. The molecule has 1 saturated heterocycles. The Morgan fingerprint density at radius 3 is 2.39 bits per heavy atom. The van der Waals surface area contributed by atoms with E-state index in [2.05, 4.69) is 9.62 Å². The third-order valence-corrected chi connectivity index (χ3v) is 7.31. The largest absolute Gasteiger partial charge is 0.495 e. The summed E-state index contributed by atoms with van der Waals surface area (Å²) >= 11 is 12.2. The second kappa shape index (κ2) is 9.65. The van der Waals surface area contributed by atoms with Gasteiger partial charge in [0.25, 0.3) is 0 Å². The van der Waals surface area contributed by atoms with Crippen molar-refractivity contribution in [2.75, 3.05) is 38.2 Å². The van der Waals surface area contributed by atoms with Gasteiger partial charge in [-0.1, -0.05) is 29.3 Å². The highest BCUT2D eigenvalue weighted by molar-refractivity contribution is 7.89. The van der Waals surface area contributed by atoms with Crippen molar-refractivity contribution in [3.05, 3.63) is 52.0 Å². The molecule has 1 heterocycles. The summed E-state index contributed by atoms with van der Waals surface area (Å²) in [5.41, 5.74) is 2.16. The second-order valence-corrected chi connectivity index (χ2v) is 9.94. The van der Waals surface area contributed by atoms with Crippen LogP contribution in [0.15, 0.2) is 41.3 Å². The van der Waals surface area contributed by atoms with E-state index in [0.29, 0.717) is 37.0 Å². The number of nitrogens with zero attached hydrogens (tertiary/aromatic N) is 2. The molecule has 1 N–H and O–H groups in total. The summed E-state index contributed by atoms with van der Waals surface area (Å²) in [5, 5.41) is 0.845. The zero-order valence-corrected chi connectivity index (χ0v) is 19.9. The van der Waals surface area contributed by atoms with E-state index in [-0.39, 0.29) is 15.8 Å². The number of nitrogens with one attached hydrogen (secondary N) is 1. The lowest BCUT2D eigenvalue weighted by molar-refractivity contribution is -0.132. The minimum atomic E-state index is -3.92. The van der Waals surface area contributed by atoms with Crippen molar-refractivity contribution < 1.29 is 17.9 Å². The zero-order chi connectivity index (χ0) is 22.8. The summed E-state index contributed by atoms with van der Waals surface area (Å²) in [6.07, 6.45) is 0. The van der Waals surface area contributed by atoms with Gasteiger partial charge >= 0.3 is 0 Å². The first-order valence-electron chi connectivity index (χ1n) is 9.78. The summed E-state index contributed by atoms with van der Waals surface area (Å²) in [6.45, 7) is 5.82. The molecule has 0 radical (unpaired) electrons. The van der Waals surface area contributed by atoms with Gasteiger partial charge in [0, 0.05) is 36.9 Å². The van der Waals surface area contributed by atoms with E-state index in [1.165, 1.54) is 25.3 Å². The first-order valence-corrected chi connectivity index (χ1v) is 12.0. The van der Waals surface area contributed by atoms with Gasteiger partial charge in [0.15, 0.2) is 0 Å². The zero-order valence-electron chi connectivity index (χ0n) is 17.6. The van der Waals surface area contributed by atoms with Gasteiger partial charge in [-0.2, -0.15) is 4.72 Å². The van der Waals surface area contributed by atoms with E-state index in [0.717, 1.165) is 11.3 Å². The van der Waals surface area contributed by atoms with Gasteiger partial charge in [-0.05, 0) is 49.7 Å². The number of ether oxygens (including phenoxy) is 1. The number of aryl methyl sites for hydroxylation is 1. The minimum absolute atomic E-state index is 0.0285. The van der Waals surface area contributed by atoms with Gasteiger partial charge in [-0.25, -0.2) is 8.42 Å². The van der Waals surface area contributed by atoms with Crippen molar-refractivity contribution in [1.29, 1.82) is 0 Å². The first kappa shape index (κ1) is 23.7. The molecule has 31 heavy (non-hydrogen) atoms. The fourth-order valence-corrected chi connectivity index (χ4v) is 5.24. The Hall–Kier alpha value is -2.00. The molecule has 3 rings (SSSR count). The highest BCUT2D eigenvalue weighted by Gasteiger charge is 2.29. The van der Waals surface area contributed by atoms with Crippen molar-refractivity contribution in [3.63, 3.8) is 0 Å². The van der Waals surface area contributed by atoms with Gasteiger partial charge in [0.2, 0.25) is 15.9 Å². The van der Waals surface area contributed by atoms with E-state index in [9.17, 15) is 13.2 Å². The Bertz CT molecular complexity index is 1070. The molecular formula is C21H25Cl2N3O4S. The Kier molecular flexibility index (Phi) is 7.36. The number of piperazine rings is 1. The molecule has 0 aromatic heterocycles. The molecule has 0 bridgehead atoms. The molecule has 0 spiro atoms. The lowest BCUT2D eigenvalue weighted by atomic mass is 10.1. The summed E-state index contributed by atoms with van der Waals surface area (Å²) in [4.78, 5) is 16.7. The van der Waals surface area contributed by atoms with Crippen molar-refractivity contribution in [2.24, 2.45) is 0 Å². The molecule has 1 aliphatic rings. The van der Waals surface area contributed by atoms with E-state index in [1.807, 2.05) is 25.1 Å². The van der Waals surface area contributed by atoms with E-state index in [1.54, 1.807) is 11.8 Å². The molecule has 0 aliphatic carbocycles. The summed E-state index contributed by atoms with van der Waals surface area (Å²) in [7, 11) is -2.47. The van der Waals surface area contributed by atoms with Crippen LogP contribution in [0.1, 0.15) is 12.5 Å². The standard InChI is InChI=1S/C21H25Cl2N3O4S/c1-14-4-5-16(22)12-19(14)25-8-10-26(11-9-25)21(27)15(2)24-31(28,29)17-6-7-20(30-3)18(23)13-17/h4-7,12-13,15,24H,8-11H2,1-3H3/t15-/m1/s1. The number of sulfonamides is 1. The van der Waals surface area contributed by atoms with Crippen LogP contribution >= 0.6 is 23.2 Å². The molecule has 0 saturated carbocycles. The number of hydrogen-bond donors (Lipinski definition) is 1. The number of carbonyl (C=O) groups excluding carboxylic acids is 1. The molecule has 2 aromatic rings.